The molecule has 1 aliphatic rings. The summed E-state index contributed by atoms with van der Waals surface area (Å²) in [6.07, 6.45) is 8.84. The van der Waals surface area contributed by atoms with E-state index in [1.54, 1.807) is 30.9 Å². The Morgan fingerprint density at radius 1 is 1.38 bits per heavy atom. The molecule has 1 unspecified atom stereocenters. The summed E-state index contributed by atoms with van der Waals surface area (Å²) in [6.45, 7) is 2.42. The molecule has 0 saturated heterocycles. The third-order valence-electron chi connectivity index (χ3n) is 4.65. The Balaban J connectivity index is 1.71. The summed E-state index contributed by atoms with van der Waals surface area (Å²) >= 11 is 0. The first kappa shape index (κ1) is 18.6. The van der Waals surface area contributed by atoms with Gasteiger partial charge in [-0.2, -0.15) is 0 Å². The van der Waals surface area contributed by atoms with Gasteiger partial charge in [0, 0.05) is 36.6 Å². The molecule has 0 bridgehead atoms. The van der Waals surface area contributed by atoms with E-state index in [0.717, 1.165) is 19.3 Å². The van der Waals surface area contributed by atoms with Crippen molar-refractivity contribution < 1.29 is 13.2 Å². The molecule has 26 heavy (non-hydrogen) atoms. The maximum absolute atomic E-state index is 12.7. The van der Waals surface area contributed by atoms with Gasteiger partial charge >= 0.3 is 0 Å². The molecule has 1 atom stereocenters. The van der Waals surface area contributed by atoms with E-state index in [1.165, 1.54) is 12.1 Å². The van der Waals surface area contributed by atoms with Crippen LogP contribution in [0.25, 0.3) is 0 Å². The summed E-state index contributed by atoms with van der Waals surface area (Å²) in [5.41, 5.74) is 0.363. The van der Waals surface area contributed by atoms with Crippen LogP contribution in [-0.4, -0.2) is 36.0 Å². The van der Waals surface area contributed by atoms with E-state index in [1.807, 2.05) is 11.5 Å². The first-order chi connectivity index (χ1) is 12.5. The fraction of sp³-hybridized carbons (Fsp3) is 0.444. The minimum atomic E-state index is -3.71. The van der Waals surface area contributed by atoms with Crippen LogP contribution < -0.4 is 10.0 Å². The molecule has 1 fully saturated rings. The highest BCUT2D eigenvalue weighted by atomic mass is 32.2. The number of rotatable bonds is 8. The van der Waals surface area contributed by atoms with Crippen molar-refractivity contribution in [2.75, 3.05) is 0 Å². The fourth-order valence-corrected chi connectivity index (χ4v) is 4.17. The average Bonchev–Trinajstić information content (AvgIpc) is 3.10. The summed E-state index contributed by atoms with van der Waals surface area (Å²) in [5, 5.41) is 2.93. The highest BCUT2D eigenvalue weighted by Gasteiger charge is 2.23. The lowest BCUT2D eigenvalue weighted by Gasteiger charge is -2.26. The van der Waals surface area contributed by atoms with Gasteiger partial charge in [-0.3, -0.25) is 4.79 Å². The third kappa shape index (κ3) is 4.50. The van der Waals surface area contributed by atoms with Gasteiger partial charge in [-0.1, -0.05) is 13.0 Å². The van der Waals surface area contributed by atoms with E-state index < -0.39 is 10.0 Å². The summed E-state index contributed by atoms with van der Waals surface area (Å²) in [4.78, 5) is 16.4. The van der Waals surface area contributed by atoms with Crippen molar-refractivity contribution in [3.05, 3.63) is 48.5 Å². The smallest absolute Gasteiger partial charge is 0.251 e. The average molecular weight is 376 g/mol. The molecule has 0 spiro atoms. The standard InChI is InChI=1S/C18H24N4O3S/c1-2-15(12-22-10-9-19-13-22)21-26(24,25)17-8-3-5-14(11-17)18(23)20-16-6-4-7-16/h3,5,8-11,13,15-16,21H,2,4,6-7,12H2,1H3,(H,20,23). The molecule has 140 valence electrons. The molecule has 1 amide bonds. The Hall–Kier alpha value is -2.19. The van der Waals surface area contributed by atoms with E-state index >= 15 is 0 Å². The normalized spacial score (nSPS) is 16.0. The van der Waals surface area contributed by atoms with Crippen LogP contribution in [0.15, 0.2) is 47.9 Å². The molecular weight excluding hydrogens is 352 g/mol. The van der Waals surface area contributed by atoms with Gasteiger partial charge in [-0.05, 0) is 43.9 Å². The van der Waals surface area contributed by atoms with Crippen molar-refractivity contribution in [2.24, 2.45) is 0 Å². The zero-order chi connectivity index (χ0) is 18.6. The van der Waals surface area contributed by atoms with Gasteiger partial charge in [0.1, 0.15) is 0 Å². The van der Waals surface area contributed by atoms with Gasteiger partial charge in [0.05, 0.1) is 11.2 Å². The minimum Gasteiger partial charge on any atom is -0.349 e. The molecular formula is C18H24N4O3S. The van der Waals surface area contributed by atoms with Crippen LogP contribution in [0.4, 0.5) is 0 Å². The van der Waals surface area contributed by atoms with Gasteiger partial charge in [0.25, 0.3) is 5.91 Å². The lowest BCUT2D eigenvalue weighted by atomic mass is 9.93. The number of aromatic nitrogens is 2. The number of hydrogen-bond acceptors (Lipinski definition) is 4. The molecule has 8 heteroatoms. The SMILES string of the molecule is CCC(Cn1ccnc1)NS(=O)(=O)c1cccc(C(=O)NC2CCC2)c1. The Morgan fingerprint density at radius 2 is 2.19 bits per heavy atom. The Labute approximate surface area is 153 Å². The number of imidazole rings is 1. The maximum atomic E-state index is 12.7. The molecule has 3 rings (SSSR count). The highest BCUT2D eigenvalue weighted by Crippen LogP contribution is 2.19. The molecule has 0 radical (unpaired) electrons. The molecule has 1 heterocycles. The summed E-state index contributed by atoms with van der Waals surface area (Å²) in [7, 11) is -3.71. The van der Waals surface area contributed by atoms with E-state index in [9.17, 15) is 13.2 Å². The van der Waals surface area contributed by atoms with Crippen molar-refractivity contribution in [1.82, 2.24) is 19.6 Å². The first-order valence-electron chi connectivity index (χ1n) is 8.87. The highest BCUT2D eigenvalue weighted by molar-refractivity contribution is 7.89. The van der Waals surface area contributed by atoms with Crippen molar-refractivity contribution in [3.8, 4) is 0 Å². The number of amides is 1. The molecule has 1 saturated carbocycles. The second-order valence-corrected chi connectivity index (χ2v) is 8.33. The Bertz CT molecular complexity index is 845. The monoisotopic (exact) mass is 376 g/mol. The van der Waals surface area contributed by atoms with Gasteiger partial charge in [-0.15, -0.1) is 0 Å². The molecule has 0 aliphatic heterocycles. The number of nitrogens with one attached hydrogen (secondary N) is 2. The predicted molar refractivity (Wildman–Crippen MR) is 98.2 cm³/mol. The van der Waals surface area contributed by atoms with Crippen molar-refractivity contribution in [2.45, 2.75) is 56.1 Å². The van der Waals surface area contributed by atoms with Crippen LogP contribution in [0.1, 0.15) is 43.0 Å². The first-order valence-corrected chi connectivity index (χ1v) is 10.4. The lowest BCUT2D eigenvalue weighted by molar-refractivity contribution is 0.0916. The largest absolute Gasteiger partial charge is 0.349 e. The topological polar surface area (TPSA) is 93.1 Å². The van der Waals surface area contributed by atoms with E-state index in [4.69, 9.17) is 0 Å². The van der Waals surface area contributed by atoms with Crippen molar-refractivity contribution in [3.63, 3.8) is 0 Å². The second kappa shape index (κ2) is 8.01. The molecule has 7 nitrogen and oxygen atoms in total. The zero-order valence-corrected chi connectivity index (χ0v) is 15.6. The number of nitrogens with zero attached hydrogens (tertiary/aromatic N) is 2. The molecule has 2 N–H and O–H groups in total. The quantitative estimate of drug-likeness (QED) is 0.736. The van der Waals surface area contributed by atoms with Crippen LogP contribution in [0, 0.1) is 0 Å². The van der Waals surface area contributed by atoms with E-state index in [-0.39, 0.29) is 22.9 Å². The number of sulfonamides is 1. The van der Waals surface area contributed by atoms with Crippen LogP contribution in [0.2, 0.25) is 0 Å². The third-order valence-corrected chi connectivity index (χ3v) is 6.17. The van der Waals surface area contributed by atoms with Crippen LogP contribution in [-0.2, 0) is 16.6 Å². The fourth-order valence-electron chi connectivity index (χ4n) is 2.81. The number of carbonyl (C=O) groups excluding carboxylic acids is 1. The predicted octanol–water partition coefficient (Wildman–Crippen LogP) is 1.92. The van der Waals surface area contributed by atoms with Gasteiger partial charge < -0.3 is 9.88 Å². The number of carbonyl (C=O) groups is 1. The minimum absolute atomic E-state index is 0.0999. The van der Waals surface area contributed by atoms with E-state index in [0.29, 0.717) is 18.5 Å². The Kier molecular flexibility index (Phi) is 5.73. The summed E-state index contributed by atoms with van der Waals surface area (Å²) in [6, 6.07) is 6.12. The van der Waals surface area contributed by atoms with Gasteiger partial charge in [-0.25, -0.2) is 18.1 Å². The van der Waals surface area contributed by atoms with Crippen LogP contribution in [0.5, 0.6) is 0 Å². The van der Waals surface area contributed by atoms with Crippen molar-refractivity contribution >= 4 is 15.9 Å². The second-order valence-electron chi connectivity index (χ2n) is 6.62. The van der Waals surface area contributed by atoms with Gasteiger partial charge in [0.15, 0.2) is 0 Å². The Morgan fingerprint density at radius 3 is 2.81 bits per heavy atom. The molecule has 1 aromatic heterocycles. The summed E-state index contributed by atoms with van der Waals surface area (Å²) in [5.74, 6) is -0.225. The number of hydrogen-bond donors (Lipinski definition) is 2. The van der Waals surface area contributed by atoms with E-state index in [2.05, 4.69) is 15.0 Å². The number of benzene rings is 1. The molecule has 1 aromatic carbocycles. The molecule has 1 aliphatic carbocycles. The maximum Gasteiger partial charge on any atom is 0.251 e. The lowest BCUT2D eigenvalue weighted by Crippen LogP contribution is -2.39. The zero-order valence-electron chi connectivity index (χ0n) is 14.8. The van der Waals surface area contributed by atoms with Gasteiger partial charge in [0.2, 0.25) is 10.0 Å². The van der Waals surface area contributed by atoms with Crippen LogP contribution in [0.3, 0.4) is 0 Å². The molecule has 2 aromatic rings. The van der Waals surface area contributed by atoms with Crippen LogP contribution >= 0.6 is 0 Å². The summed E-state index contributed by atoms with van der Waals surface area (Å²) < 4.78 is 30.0. The van der Waals surface area contributed by atoms with Crippen molar-refractivity contribution in [1.29, 1.82) is 0 Å².